The van der Waals surface area contributed by atoms with Crippen LogP contribution in [0.25, 0.3) is 0 Å². The van der Waals surface area contributed by atoms with Gasteiger partial charge in [0.1, 0.15) is 11.5 Å². The molecule has 0 aromatic heterocycles. The van der Waals surface area contributed by atoms with Gasteiger partial charge in [-0.1, -0.05) is 25.4 Å². The van der Waals surface area contributed by atoms with Gasteiger partial charge in [0.15, 0.2) is 5.78 Å². The van der Waals surface area contributed by atoms with Crippen LogP contribution in [0.15, 0.2) is 12.1 Å². The van der Waals surface area contributed by atoms with Crippen LogP contribution in [0.3, 0.4) is 0 Å². The van der Waals surface area contributed by atoms with Gasteiger partial charge in [-0.25, -0.2) is 0 Å². The molecule has 0 amide bonds. The van der Waals surface area contributed by atoms with Crippen molar-refractivity contribution in [2.24, 2.45) is 5.92 Å². The minimum atomic E-state index is -0.195. The molecule has 0 saturated heterocycles. The van der Waals surface area contributed by atoms with Gasteiger partial charge in [-0.2, -0.15) is 0 Å². The van der Waals surface area contributed by atoms with Crippen LogP contribution >= 0.6 is 11.6 Å². The fourth-order valence-electron chi connectivity index (χ4n) is 1.19. The lowest BCUT2D eigenvalue weighted by Gasteiger charge is -2.10. The Hall–Kier alpha value is -1.22. The van der Waals surface area contributed by atoms with Crippen molar-refractivity contribution in [3.8, 4) is 11.5 Å². The lowest BCUT2D eigenvalue weighted by atomic mass is 10.00. The smallest absolute Gasteiger partial charge is 0.169 e. The number of aromatic hydroxyl groups is 1. The van der Waals surface area contributed by atoms with E-state index in [1.807, 2.05) is 0 Å². The van der Waals surface area contributed by atoms with Crippen LogP contribution in [0, 0.1) is 5.92 Å². The molecule has 15 heavy (non-hydrogen) atoms. The van der Waals surface area contributed by atoms with Gasteiger partial charge in [-0.05, 0) is 6.07 Å². The first-order chi connectivity index (χ1) is 6.97. The first kappa shape index (κ1) is 11.9. The van der Waals surface area contributed by atoms with Gasteiger partial charge in [0, 0.05) is 12.0 Å². The summed E-state index contributed by atoms with van der Waals surface area (Å²) in [7, 11) is 1.48. The summed E-state index contributed by atoms with van der Waals surface area (Å²) in [6, 6.07) is 2.96. The molecule has 0 radical (unpaired) electrons. The van der Waals surface area contributed by atoms with Gasteiger partial charge in [-0.3, -0.25) is 4.79 Å². The number of halogens is 1. The quantitative estimate of drug-likeness (QED) is 0.810. The second kappa shape index (κ2) is 4.53. The molecule has 1 rings (SSSR count). The number of rotatable bonds is 3. The highest BCUT2D eigenvalue weighted by molar-refractivity contribution is 6.32. The molecule has 0 fully saturated rings. The molecule has 0 saturated carbocycles. The Balaban J connectivity index is 3.27. The topological polar surface area (TPSA) is 46.5 Å². The lowest BCUT2D eigenvalue weighted by molar-refractivity contribution is 0.0936. The molecule has 0 aliphatic heterocycles. The number of phenols is 1. The SMILES string of the molecule is COc1cc(Cl)c(O)c(C(=O)C(C)C)c1. The Morgan fingerprint density at radius 2 is 2.07 bits per heavy atom. The Labute approximate surface area is 93.6 Å². The second-order valence-electron chi connectivity index (χ2n) is 3.52. The number of carbonyl (C=O) groups excluding carboxylic acids is 1. The van der Waals surface area contributed by atoms with E-state index in [1.165, 1.54) is 19.2 Å². The number of Topliss-reactive ketones (excluding diaryl/α,β-unsaturated/α-hetero) is 1. The Kier molecular flexibility index (Phi) is 3.58. The number of ether oxygens (including phenoxy) is 1. The number of hydrogen-bond donors (Lipinski definition) is 1. The fourth-order valence-corrected chi connectivity index (χ4v) is 1.40. The van der Waals surface area contributed by atoms with E-state index in [-0.39, 0.29) is 28.0 Å². The summed E-state index contributed by atoms with van der Waals surface area (Å²) in [6.07, 6.45) is 0. The fraction of sp³-hybridized carbons (Fsp3) is 0.364. The Morgan fingerprint density at radius 1 is 1.47 bits per heavy atom. The monoisotopic (exact) mass is 228 g/mol. The predicted molar refractivity (Wildman–Crippen MR) is 58.8 cm³/mol. The molecule has 3 nitrogen and oxygen atoms in total. The highest BCUT2D eigenvalue weighted by atomic mass is 35.5. The molecule has 1 N–H and O–H groups in total. The molecule has 1 aromatic rings. The number of methoxy groups -OCH3 is 1. The van der Waals surface area contributed by atoms with Crippen LogP contribution in [-0.4, -0.2) is 18.0 Å². The van der Waals surface area contributed by atoms with Crippen LogP contribution in [0.4, 0.5) is 0 Å². The van der Waals surface area contributed by atoms with Crippen molar-refractivity contribution in [1.29, 1.82) is 0 Å². The van der Waals surface area contributed by atoms with Crippen molar-refractivity contribution >= 4 is 17.4 Å². The summed E-state index contributed by atoms with van der Waals surface area (Å²) >= 11 is 5.76. The van der Waals surface area contributed by atoms with E-state index in [0.717, 1.165) is 0 Å². The number of carbonyl (C=O) groups is 1. The van der Waals surface area contributed by atoms with Gasteiger partial charge in [0.2, 0.25) is 0 Å². The maximum Gasteiger partial charge on any atom is 0.169 e. The van der Waals surface area contributed by atoms with E-state index in [2.05, 4.69) is 0 Å². The molecule has 0 heterocycles. The summed E-state index contributed by atoms with van der Waals surface area (Å²) in [5.74, 6) is -0.0784. The van der Waals surface area contributed by atoms with Crippen molar-refractivity contribution in [2.45, 2.75) is 13.8 Å². The van der Waals surface area contributed by atoms with Gasteiger partial charge < -0.3 is 9.84 Å². The summed E-state index contributed by atoms with van der Waals surface area (Å²) in [6.45, 7) is 3.52. The van der Waals surface area contributed by atoms with Crippen molar-refractivity contribution < 1.29 is 14.6 Å². The van der Waals surface area contributed by atoms with Crippen LogP contribution < -0.4 is 4.74 Å². The zero-order valence-corrected chi connectivity index (χ0v) is 9.63. The largest absolute Gasteiger partial charge is 0.506 e. The molecule has 82 valence electrons. The maximum absolute atomic E-state index is 11.7. The van der Waals surface area contributed by atoms with E-state index in [4.69, 9.17) is 16.3 Å². The van der Waals surface area contributed by atoms with E-state index in [0.29, 0.717) is 5.75 Å². The first-order valence-corrected chi connectivity index (χ1v) is 4.96. The number of phenolic OH excluding ortho intramolecular Hbond substituents is 1. The van der Waals surface area contributed by atoms with E-state index in [1.54, 1.807) is 13.8 Å². The van der Waals surface area contributed by atoms with Crippen LogP contribution in [0.1, 0.15) is 24.2 Å². The molecule has 0 aliphatic rings. The normalized spacial score (nSPS) is 10.5. The van der Waals surface area contributed by atoms with Gasteiger partial charge in [0.05, 0.1) is 17.7 Å². The van der Waals surface area contributed by atoms with Crippen LogP contribution in [-0.2, 0) is 0 Å². The summed E-state index contributed by atoms with van der Waals surface area (Å²) in [5, 5.41) is 9.75. The number of hydrogen-bond acceptors (Lipinski definition) is 3. The number of benzene rings is 1. The molecule has 1 aromatic carbocycles. The third-order valence-corrected chi connectivity index (χ3v) is 2.35. The van der Waals surface area contributed by atoms with Gasteiger partial charge >= 0.3 is 0 Å². The lowest BCUT2D eigenvalue weighted by Crippen LogP contribution is -2.08. The predicted octanol–water partition coefficient (Wildman–Crippen LogP) is 2.89. The maximum atomic E-state index is 11.7. The summed E-state index contributed by atoms with van der Waals surface area (Å²) in [5.41, 5.74) is 0.203. The Morgan fingerprint density at radius 3 is 2.53 bits per heavy atom. The second-order valence-corrected chi connectivity index (χ2v) is 3.93. The zero-order chi connectivity index (χ0) is 11.6. The van der Waals surface area contributed by atoms with E-state index >= 15 is 0 Å². The minimum Gasteiger partial charge on any atom is -0.506 e. The third-order valence-electron chi connectivity index (χ3n) is 2.06. The molecule has 0 spiro atoms. The van der Waals surface area contributed by atoms with Crippen molar-refractivity contribution in [1.82, 2.24) is 0 Å². The van der Waals surface area contributed by atoms with E-state index in [9.17, 15) is 9.90 Å². The highest BCUT2D eigenvalue weighted by Gasteiger charge is 2.18. The molecule has 0 atom stereocenters. The molecule has 0 unspecified atom stereocenters. The summed E-state index contributed by atoms with van der Waals surface area (Å²) < 4.78 is 4.97. The average molecular weight is 229 g/mol. The zero-order valence-electron chi connectivity index (χ0n) is 8.87. The number of ketones is 1. The van der Waals surface area contributed by atoms with Crippen LogP contribution in [0.5, 0.6) is 11.5 Å². The van der Waals surface area contributed by atoms with E-state index < -0.39 is 0 Å². The minimum absolute atomic E-state index is 0.123. The van der Waals surface area contributed by atoms with Gasteiger partial charge in [0.25, 0.3) is 0 Å². The first-order valence-electron chi connectivity index (χ1n) is 4.58. The van der Waals surface area contributed by atoms with Crippen molar-refractivity contribution in [3.63, 3.8) is 0 Å². The van der Waals surface area contributed by atoms with Crippen molar-refractivity contribution in [3.05, 3.63) is 22.7 Å². The molecule has 0 aliphatic carbocycles. The van der Waals surface area contributed by atoms with Gasteiger partial charge in [-0.15, -0.1) is 0 Å². The average Bonchev–Trinajstić information content (AvgIpc) is 2.20. The standard InChI is InChI=1S/C11H13ClO3/c1-6(2)10(13)8-4-7(15-3)5-9(12)11(8)14/h4-6,14H,1-3H3. The molecular weight excluding hydrogens is 216 g/mol. The Bertz CT molecular complexity index is 386. The summed E-state index contributed by atoms with van der Waals surface area (Å²) in [4.78, 5) is 11.7. The highest BCUT2D eigenvalue weighted by Crippen LogP contribution is 2.33. The molecule has 0 bridgehead atoms. The third kappa shape index (κ3) is 2.42. The molecular formula is C11H13ClO3. The van der Waals surface area contributed by atoms with Crippen LogP contribution in [0.2, 0.25) is 5.02 Å². The van der Waals surface area contributed by atoms with Crippen molar-refractivity contribution in [2.75, 3.05) is 7.11 Å². The molecule has 4 heteroatoms.